The maximum absolute atomic E-state index is 5.78. The van der Waals surface area contributed by atoms with Gasteiger partial charge < -0.3 is 10.1 Å². The van der Waals surface area contributed by atoms with Crippen LogP contribution in [0.25, 0.3) is 5.70 Å². The molecule has 110 valence electrons. The fraction of sp³-hybridized carbons (Fsp3) is 0.211. The highest BCUT2D eigenvalue weighted by Gasteiger charge is 2.22. The lowest BCUT2D eigenvalue weighted by molar-refractivity contribution is 0.357. The van der Waals surface area contributed by atoms with Crippen molar-refractivity contribution in [1.82, 2.24) is 0 Å². The number of aryl methyl sites for hydroxylation is 1. The summed E-state index contributed by atoms with van der Waals surface area (Å²) in [4.78, 5) is 4.72. The predicted molar refractivity (Wildman–Crippen MR) is 90.8 cm³/mol. The van der Waals surface area contributed by atoms with Crippen LogP contribution in [0.2, 0.25) is 0 Å². The quantitative estimate of drug-likeness (QED) is 0.851. The van der Waals surface area contributed by atoms with Crippen molar-refractivity contribution in [2.24, 2.45) is 4.99 Å². The summed E-state index contributed by atoms with van der Waals surface area (Å²) in [6.07, 6.45) is 6.27. The molecule has 2 aromatic rings. The van der Waals surface area contributed by atoms with Crippen molar-refractivity contribution in [1.29, 1.82) is 0 Å². The molecule has 4 rings (SSSR count). The molecule has 0 aromatic heterocycles. The Morgan fingerprint density at radius 1 is 1.09 bits per heavy atom. The second-order valence-electron chi connectivity index (χ2n) is 5.57. The lowest BCUT2D eigenvalue weighted by atomic mass is 9.96. The molecule has 0 bridgehead atoms. The summed E-state index contributed by atoms with van der Waals surface area (Å²) in [7, 11) is 0. The van der Waals surface area contributed by atoms with Crippen LogP contribution in [0.1, 0.15) is 23.1 Å². The summed E-state index contributed by atoms with van der Waals surface area (Å²) >= 11 is 0. The van der Waals surface area contributed by atoms with Gasteiger partial charge in [-0.3, -0.25) is 4.99 Å². The van der Waals surface area contributed by atoms with Crippen LogP contribution >= 0.6 is 0 Å². The van der Waals surface area contributed by atoms with Crippen molar-refractivity contribution in [3.63, 3.8) is 0 Å². The Hall–Kier alpha value is -2.55. The van der Waals surface area contributed by atoms with E-state index < -0.39 is 0 Å². The Morgan fingerprint density at radius 3 is 2.91 bits per heavy atom. The van der Waals surface area contributed by atoms with Gasteiger partial charge in [-0.15, -0.1) is 0 Å². The van der Waals surface area contributed by atoms with Crippen LogP contribution in [0.15, 0.2) is 53.5 Å². The fourth-order valence-corrected chi connectivity index (χ4v) is 3.02. The number of rotatable bonds is 2. The molecule has 2 heterocycles. The average molecular weight is 290 g/mol. The van der Waals surface area contributed by atoms with Crippen LogP contribution < -0.4 is 10.1 Å². The normalized spacial score (nSPS) is 16.3. The van der Waals surface area contributed by atoms with E-state index in [0.29, 0.717) is 6.61 Å². The molecule has 2 aromatic carbocycles. The van der Waals surface area contributed by atoms with Gasteiger partial charge in [0.15, 0.2) is 0 Å². The summed E-state index contributed by atoms with van der Waals surface area (Å²) < 4.78 is 5.78. The van der Waals surface area contributed by atoms with E-state index in [1.807, 2.05) is 24.4 Å². The van der Waals surface area contributed by atoms with Gasteiger partial charge in [0.05, 0.1) is 16.9 Å². The molecule has 0 spiro atoms. The molecule has 0 atom stereocenters. The van der Waals surface area contributed by atoms with Crippen molar-refractivity contribution in [3.8, 4) is 5.75 Å². The second-order valence-corrected chi connectivity index (χ2v) is 5.57. The van der Waals surface area contributed by atoms with Crippen LogP contribution in [-0.2, 0) is 6.42 Å². The van der Waals surface area contributed by atoms with E-state index in [4.69, 9.17) is 9.73 Å². The van der Waals surface area contributed by atoms with Gasteiger partial charge in [-0.2, -0.15) is 0 Å². The minimum atomic E-state index is 0.577. The summed E-state index contributed by atoms with van der Waals surface area (Å²) in [5.74, 6) is 0.927. The summed E-state index contributed by atoms with van der Waals surface area (Å²) in [5.41, 5.74) is 5.76. The topological polar surface area (TPSA) is 33.6 Å². The molecule has 3 nitrogen and oxygen atoms in total. The number of ether oxygens (including phenoxy) is 1. The minimum Gasteiger partial charge on any atom is -0.489 e. The highest BCUT2D eigenvalue weighted by atomic mass is 16.5. The average Bonchev–Trinajstić information content (AvgIpc) is 2.60. The third-order valence-electron chi connectivity index (χ3n) is 4.10. The molecule has 22 heavy (non-hydrogen) atoms. The predicted octanol–water partition coefficient (Wildman–Crippen LogP) is 3.90. The van der Waals surface area contributed by atoms with Crippen molar-refractivity contribution in [3.05, 3.63) is 65.2 Å². The van der Waals surface area contributed by atoms with E-state index in [2.05, 4.69) is 35.7 Å². The van der Waals surface area contributed by atoms with Crippen molar-refractivity contribution in [2.75, 3.05) is 18.5 Å². The first kappa shape index (κ1) is 13.1. The van der Waals surface area contributed by atoms with E-state index in [9.17, 15) is 0 Å². The van der Waals surface area contributed by atoms with Gasteiger partial charge in [0.25, 0.3) is 0 Å². The molecule has 3 heteroatoms. The maximum Gasteiger partial charge on any atom is 0.131 e. The molecule has 0 radical (unpaired) electrons. The first-order chi connectivity index (χ1) is 10.9. The number of nitrogens with one attached hydrogen (secondary N) is 1. The lowest BCUT2D eigenvalue weighted by Gasteiger charge is -2.25. The molecule has 0 saturated carbocycles. The number of hydrogen-bond donors (Lipinski definition) is 1. The Bertz CT molecular complexity index is 748. The first-order valence-corrected chi connectivity index (χ1v) is 7.74. The molecular weight excluding hydrogens is 272 g/mol. The van der Waals surface area contributed by atoms with E-state index in [1.54, 1.807) is 0 Å². The van der Waals surface area contributed by atoms with Gasteiger partial charge in [-0.1, -0.05) is 36.4 Å². The smallest absolute Gasteiger partial charge is 0.131 e. The van der Waals surface area contributed by atoms with Crippen LogP contribution in [0.4, 0.5) is 5.69 Å². The van der Waals surface area contributed by atoms with Crippen LogP contribution in [0.3, 0.4) is 0 Å². The number of hydrogen-bond acceptors (Lipinski definition) is 3. The summed E-state index contributed by atoms with van der Waals surface area (Å²) in [6.45, 7) is 1.59. The minimum absolute atomic E-state index is 0.577. The van der Waals surface area contributed by atoms with Gasteiger partial charge in [0.1, 0.15) is 12.4 Å². The molecule has 0 fully saturated rings. The summed E-state index contributed by atoms with van der Waals surface area (Å²) in [6, 6.07) is 14.4. The number of anilines is 1. The third kappa shape index (κ3) is 2.39. The van der Waals surface area contributed by atoms with E-state index in [1.165, 1.54) is 17.7 Å². The van der Waals surface area contributed by atoms with Gasteiger partial charge in [-0.05, 0) is 36.1 Å². The standard InChI is InChI=1S/C19H18N2O/c1-2-5-14(6-3-1)13-21-16-10-12-22-17-9-8-15-7-4-11-20-19(15)18(16)17/h1-3,5-6,8-10,13,20H,4,7,11-12H2. The van der Waals surface area contributed by atoms with Gasteiger partial charge in [-0.25, -0.2) is 0 Å². The first-order valence-electron chi connectivity index (χ1n) is 7.74. The van der Waals surface area contributed by atoms with Gasteiger partial charge >= 0.3 is 0 Å². The number of fused-ring (bicyclic) bond motifs is 3. The lowest BCUT2D eigenvalue weighted by Crippen LogP contribution is -2.16. The van der Waals surface area contributed by atoms with Crippen LogP contribution in [-0.4, -0.2) is 19.4 Å². The largest absolute Gasteiger partial charge is 0.489 e. The molecule has 1 N–H and O–H groups in total. The Kier molecular flexibility index (Phi) is 3.39. The highest BCUT2D eigenvalue weighted by molar-refractivity contribution is 5.90. The van der Waals surface area contributed by atoms with E-state index in [-0.39, 0.29) is 0 Å². The number of benzene rings is 2. The van der Waals surface area contributed by atoms with Crippen molar-refractivity contribution >= 4 is 17.6 Å². The SMILES string of the molecule is C(=NC1=CCOc2ccc3c(c21)NCCC3)c1ccccc1. The Morgan fingerprint density at radius 2 is 2.00 bits per heavy atom. The third-order valence-corrected chi connectivity index (χ3v) is 4.10. The fourth-order valence-electron chi connectivity index (χ4n) is 3.02. The monoisotopic (exact) mass is 290 g/mol. The van der Waals surface area contributed by atoms with E-state index >= 15 is 0 Å². The van der Waals surface area contributed by atoms with Crippen molar-refractivity contribution in [2.45, 2.75) is 12.8 Å². The zero-order valence-corrected chi connectivity index (χ0v) is 12.4. The molecule has 0 saturated heterocycles. The van der Waals surface area contributed by atoms with Gasteiger partial charge in [0.2, 0.25) is 0 Å². The van der Waals surface area contributed by atoms with Crippen molar-refractivity contribution < 1.29 is 4.74 Å². The van der Waals surface area contributed by atoms with E-state index in [0.717, 1.165) is 35.5 Å². The highest BCUT2D eigenvalue weighted by Crippen LogP contribution is 2.40. The second kappa shape index (κ2) is 5.68. The summed E-state index contributed by atoms with van der Waals surface area (Å²) in [5, 5.41) is 3.52. The zero-order valence-electron chi connectivity index (χ0n) is 12.4. The molecule has 0 unspecified atom stereocenters. The Balaban J connectivity index is 1.74. The Labute approximate surface area is 130 Å². The number of nitrogens with zero attached hydrogens (tertiary/aromatic N) is 1. The molecule has 0 aliphatic carbocycles. The molecule has 2 aliphatic rings. The zero-order chi connectivity index (χ0) is 14.8. The molecular formula is C19H18N2O. The van der Waals surface area contributed by atoms with Gasteiger partial charge in [0, 0.05) is 12.8 Å². The molecule has 0 amide bonds. The van der Waals surface area contributed by atoms with Crippen LogP contribution in [0.5, 0.6) is 5.75 Å². The molecule has 2 aliphatic heterocycles. The van der Waals surface area contributed by atoms with Crippen LogP contribution in [0, 0.1) is 0 Å². The number of aliphatic imine (C=N–C) groups is 1. The maximum atomic E-state index is 5.78.